The Kier molecular flexibility index (Phi) is 5.42. The largest absolute Gasteiger partial charge is 0.464 e. The smallest absolute Gasteiger partial charge is 0.343 e. The second kappa shape index (κ2) is 6.82. The van der Waals surface area contributed by atoms with Gasteiger partial charge in [-0.3, -0.25) is 0 Å². The van der Waals surface area contributed by atoms with E-state index in [-0.39, 0.29) is 41.9 Å². The van der Waals surface area contributed by atoms with Gasteiger partial charge in [-0.1, -0.05) is 0 Å². The Labute approximate surface area is 141 Å². The molecule has 9 heteroatoms. The minimum Gasteiger partial charge on any atom is -0.464 e. The van der Waals surface area contributed by atoms with E-state index in [4.69, 9.17) is 4.74 Å². The van der Waals surface area contributed by atoms with Gasteiger partial charge in [0.2, 0.25) is 15.7 Å². The van der Waals surface area contributed by atoms with Gasteiger partial charge in [-0.05, 0) is 41.1 Å². The maximum absolute atomic E-state index is 14.5. The summed E-state index contributed by atoms with van der Waals surface area (Å²) in [7, 11) is -3.90. The lowest BCUT2D eigenvalue weighted by Gasteiger charge is -2.34. The lowest BCUT2D eigenvalue weighted by molar-refractivity contribution is -0.160. The summed E-state index contributed by atoms with van der Waals surface area (Å²) in [6.45, 7) is 1.34. The van der Waals surface area contributed by atoms with Crippen molar-refractivity contribution in [2.24, 2.45) is 0 Å². The van der Waals surface area contributed by atoms with E-state index in [1.54, 1.807) is 6.92 Å². The summed E-state index contributed by atoms with van der Waals surface area (Å²) in [4.78, 5) is 11.5. The summed E-state index contributed by atoms with van der Waals surface area (Å²) in [5.41, 5.74) is -2.16. The second-order valence-corrected chi connectivity index (χ2v) is 7.93. The highest BCUT2D eigenvalue weighted by atomic mass is 79.9. The first-order chi connectivity index (χ1) is 10.7. The molecule has 1 aromatic rings. The number of carbonyl (C=O) groups excluding carboxylic acids is 1. The van der Waals surface area contributed by atoms with Crippen molar-refractivity contribution in [1.82, 2.24) is 4.31 Å². The molecule has 1 aliphatic rings. The van der Waals surface area contributed by atoms with Gasteiger partial charge in [-0.2, -0.15) is 4.31 Å². The van der Waals surface area contributed by atoms with E-state index in [2.05, 4.69) is 15.9 Å². The van der Waals surface area contributed by atoms with Crippen LogP contribution in [0, 0.1) is 5.82 Å². The van der Waals surface area contributed by atoms with E-state index >= 15 is 0 Å². The molecule has 0 radical (unpaired) electrons. The number of esters is 1. The van der Waals surface area contributed by atoms with Crippen molar-refractivity contribution in [1.29, 1.82) is 0 Å². The molecule has 1 heterocycles. The third-order valence-electron chi connectivity index (χ3n) is 3.67. The molecule has 1 aliphatic heterocycles. The predicted molar refractivity (Wildman–Crippen MR) is 82.6 cm³/mol. The molecule has 0 atom stereocenters. The van der Waals surface area contributed by atoms with E-state index in [1.165, 1.54) is 0 Å². The zero-order valence-corrected chi connectivity index (χ0v) is 14.8. The third kappa shape index (κ3) is 3.72. The van der Waals surface area contributed by atoms with Crippen LogP contribution in [0.2, 0.25) is 0 Å². The Balaban J connectivity index is 2.17. The van der Waals surface area contributed by atoms with Crippen molar-refractivity contribution in [3.8, 4) is 0 Å². The molecule has 1 saturated heterocycles. The Hall–Kier alpha value is -1.06. The molecule has 0 spiro atoms. The van der Waals surface area contributed by atoms with Crippen LogP contribution >= 0.6 is 15.9 Å². The highest BCUT2D eigenvalue weighted by Crippen LogP contribution is 2.33. The van der Waals surface area contributed by atoms with Gasteiger partial charge < -0.3 is 4.74 Å². The van der Waals surface area contributed by atoms with Gasteiger partial charge in [0.15, 0.2) is 0 Å². The summed E-state index contributed by atoms with van der Waals surface area (Å²) in [6.07, 6.45) is -0.548. The molecule has 1 aromatic carbocycles. The molecule has 0 aliphatic carbocycles. The van der Waals surface area contributed by atoms with Crippen LogP contribution in [0.5, 0.6) is 0 Å². The van der Waals surface area contributed by atoms with Crippen molar-refractivity contribution < 1.29 is 26.7 Å². The summed E-state index contributed by atoms with van der Waals surface area (Å²) in [5, 5.41) is 0. The Morgan fingerprint density at radius 3 is 2.52 bits per heavy atom. The monoisotopic (exact) mass is 411 g/mol. The highest BCUT2D eigenvalue weighted by Gasteiger charge is 2.45. The Bertz CT molecular complexity index is 703. The van der Waals surface area contributed by atoms with Crippen molar-refractivity contribution >= 4 is 31.9 Å². The van der Waals surface area contributed by atoms with Crippen LogP contribution in [0.3, 0.4) is 0 Å². The molecule has 1 fully saturated rings. The molecule has 2 rings (SSSR count). The number of sulfonamides is 1. The van der Waals surface area contributed by atoms with Gasteiger partial charge in [-0.15, -0.1) is 0 Å². The first-order valence-corrected chi connectivity index (χ1v) is 9.25. The first-order valence-electron chi connectivity index (χ1n) is 7.02. The number of piperidine rings is 1. The van der Waals surface area contributed by atoms with E-state index in [9.17, 15) is 22.0 Å². The first kappa shape index (κ1) is 18.3. The fourth-order valence-corrected chi connectivity index (χ4v) is 4.82. The van der Waals surface area contributed by atoms with Gasteiger partial charge in [0.25, 0.3) is 0 Å². The van der Waals surface area contributed by atoms with Crippen LogP contribution in [0.1, 0.15) is 19.8 Å². The highest BCUT2D eigenvalue weighted by molar-refractivity contribution is 9.10. The van der Waals surface area contributed by atoms with Gasteiger partial charge in [0.1, 0.15) is 5.82 Å². The molecule has 23 heavy (non-hydrogen) atoms. The molecule has 0 saturated carbocycles. The number of hydrogen-bond acceptors (Lipinski definition) is 4. The van der Waals surface area contributed by atoms with E-state index < -0.39 is 27.5 Å². The Morgan fingerprint density at radius 1 is 1.39 bits per heavy atom. The van der Waals surface area contributed by atoms with Crippen molar-refractivity contribution in [3.05, 3.63) is 28.5 Å². The maximum atomic E-state index is 14.5. The van der Waals surface area contributed by atoms with Gasteiger partial charge in [-0.25, -0.2) is 22.0 Å². The van der Waals surface area contributed by atoms with Crippen LogP contribution in [-0.4, -0.2) is 44.1 Å². The number of rotatable bonds is 4. The number of benzene rings is 1. The Morgan fingerprint density at radius 2 is 2.00 bits per heavy atom. The topological polar surface area (TPSA) is 63.7 Å². The van der Waals surface area contributed by atoms with Crippen molar-refractivity contribution in [2.45, 2.75) is 30.3 Å². The lowest BCUT2D eigenvalue weighted by Crippen LogP contribution is -2.49. The molecule has 0 N–H and O–H groups in total. The second-order valence-electron chi connectivity index (χ2n) is 5.16. The summed E-state index contributed by atoms with van der Waals surface area (Å²) in [6, 6.07) is 3.24. The molecular weight excluding hydrogens is 396 g/mol. The molecular formula is C14H16BrF2NO4S. The molecule has 0 amide bonds. The number of ether oxygens (including phenoxy) is 1. The fourth-order valence-electron chi connectivity index (χ4n) is 2.37. The summed E-state index contributed by atoms with van der Waals surface area (Å²) >= 11 is 3.02. The van der Waals surface area contributed by atoms with Crippen LogP contribution in [0.15, 0.2) is 27.6 Å². The fraction of sp³-hybridized carbons (Fsp3) is 0.500. The standard InChI is InChI=1S/C14H16BrF2NO4S/c1-2-22-13(19)14(17)5-7-18(8-6-14)23(20,21)12-4-3-10(16)9-11(12)15/h3-4,9H,2,5-8H2,1H3. The average Bonchev–Trinajstić information content (AvgIpc) is 2.47. The number of halogens is 3. The minimum absolute atomic E-state index is 0.0645. The van der Waals surface area contributed by atoms with Gasteiger partial charge in [0, 0.05) is 30.4 Å². The molecule has 0 bridgehead atoms. The van der Waals surface area contributed by atoms with Crippen LogP contribution < -0.4 is 0 Å². The number of carbonyl (C=O) groups is 1. The quantitative estimate of drug-likeness (QED) is 0.714. The van der Waals surface area contributed by atoms with E-state index in [1.807, 2.05) is 0 Å². The number of alkyl halides is 1. The summed E-state index contributed by atoms with van der Waals surface area (Å²) < 4.78 is 58.6. The van der Waals surface area contributed by atoms with Crippen molar-refractivity contribution in [2.75, 3.05) is 19.7 Å². The maximum Gasteiger partial charge on any atom is 0.343 e. The number of nitrogens with zero attached hydrogens (tertiary/aromatic N) is 1. The molecule has 5 nitrogen and oxygen atoms in total. The molecule has 0 unspecified atom stereocenters. The lowest BCUT2D eigenvalue weighted by atomic mass is 9.95. The van der Waals surface area contributed by atoms with Crippen LogP contribution in [0.4, 0.5) is 8.78 Å². The van der Waals surface area contributed by atoms with Crippen molar-refractivity contribution in [3.63, 3.8) is 0 Å². The number of hydrogen-bond donors (Lipinski definition) is 0. The zero-order chi connectivity index (χ0) is 17.3. The van der Waals surface area contributed by atoms with Gasteiger partial charge >= 0.3 is 5.97 Å². The predicted octanol–water partition coefficient (Wildman–Crippen LogP) is 2.64. The third-order valence-corrected chi connectivity index (χ3v) is 6.54. The normalized spacial score (nSPS) is 18.6. The molecule has 128 valence electrons. The van der Waals surface area contributed by atoms with Gasteiger partial charge in [0.05, 0.1) is 11.5 Å². The average molecular weight is 412 g/mol. The minimum atomic E-state index is -3.90. The van der Waals surface area contributed by atoms with Crippen LogP contribution in [0.25, 0.3) is 0 Å². The summed E-state index contributed by atoms with van der Waals surface area (Å²) in [5.74, 6) is -1.53. The van der Waals surface area contributed by atoms with E-state index in [0.717, 1.165) is 22.5 Å². The zero-order valence-electron chi connectivity index (χ0n) is 12.4. The molecule has 0 aromatic heterocycles. The van der Waals surface area contributed by atoms with Crippen LogP contribution in [-0.2, 0) is 19.6 Å². The SMILES string of the molecule is CCOC(=O)C1(F)CCN(S(=O)(=O)c2ccc(F)cc2Br)CC1. The van der Waals surface area contributed by atoms with E-state index in [0.29, 0.717) is 0 Å².